The number of rotatable bonds is 4. The number of hydrogen-bond donors (Lipinski definition) is 0. The van der Waals surface area contributed by atoms with Crippen LogP contribution in [0.2, 0.25) is 0 Å². The molecule has 1 amide bonds. The lowest BCUT2D eigenvalue weighted by atomic mass is 9.96. The van der Waals surface area contributed by atoms with E-state index in [2.05, 4.69) is 22.1 Å². The molecule has 0 spiro atoms. The quantitative estimate of drug-likeness (QED) is 0.807. The summed E-state index contributed by atoms with van der Waals surface area (Å²) in [6, 6.07) is 0. The third kappa shape index (κ3) is 3.94. The minimum Gasteiger partial charge on any atom is -0.361 e. The number of amides is 1. The summed E-state index contributed by atoms with van der Waals surface area (Å²) >= 11 is 0. The second kappa shape index (κ2) is 7.99. The summed E-state index contributed by atoms with van der Waals surface area (Å²) in [5, 5.41) is 3.98. The number of piperidine rings is 1. The molecule has 150 valence electrons. The van der Waals surface area contributed by atoms with Gasteiger partial charge in [0.25, 0.3) is 0 Å². The van der Waals surface area contributed by atoms with Crippen LogP contribution < -0.4 is 0 Å². The van der Waals surface area contributed by atoms with E-state index in [0.29, 0.717) is 12.8 Å². The fourth-order valence-electron chi connectivity index (χ4n) is 4.33. The molecule has 28 heavy (non-hydrogen) atoms. The normalized spacial score (nSPS) is 20.2. The Morgan fingerprint density at radius 2 is 2.18 bits per heavy atom. The summed E-state index contributed by atoms with van der Waals surface area (Å²) in [7, 11) is 2.13. The zero-order valence-electron chi connectivity index (χ0n) is 17.1. The van der Waals surface area contributed by atoms with Crippen LogP contribution in [-0.4, -0.2) is 57.5 Å². The first-order valence-electron chi connectivity index (χ1n) is 10.2. The predicted molar refractivity (Wildman–Crippen MR) is 105 cm³/mol. The van der Waals surface area contributed by atoms with Gasteiger partial charge >= 0.3 is 0 Å². The van der Waals surface area contributed by atoms with Crippen LogP contribution in [0.25, 0.3) is 0 Å². The molecule has 4 rings (SSSR count). The highest BCUT2D eigenvalue weighted by Gasteiger charge is 2.27. The Labute approximate surface area is 166 Å². The fraction of sp³-hybridized carbons (Fsp3) is 0.619. The highest BCUT2D eigenvalue weighted by molar-refractivity contribution is 5.76. The Morgan fingerprint density at radius 3 is 2.96 bits per heavy atom. The standard InChI is InChI=1S/C21H29N5O2/c1-14-18(15(2)28-24-14)6-7-20(27)26-9-4-5-16(13-26)21-22-11-17-12-25(3)10-8-19(17)23-21/h11,16H,4-10,12-13H2,1-3H3/t16-/m0/s1. The number of fused-ring (bicyclic) bond motifs is 1. The van der Waals surface area contributed by atoms with Crippen molar-refractivity contribution in [1.82, 2.24) is 24.9 Å². The van der Waals surface area contributed by atoms with Crippen LogP contribution in [0.4, 0.5) is 0 Å². The van der Waals surface area contributed by atoms with E-state index in [0.717, 1.165) is 68.3 Å². The average molecular weight is 383 g/mol. The van der Waals surface area contributed by atoms with Crippen molar-refractivity contribution in [2.75, 3.05) is 26.7 Å². The molecule has 0 unspecified atom stereocenters. The molecule has 1 fully saturated rings. The zero-order chi connectivity index (χ0) is 19.7. The Morgan fingerprint density at radius 1 is 1.32 bits per heavy atom. The van der Waals surface area contributed by atoms with E-state index in [1.54, 1.807) is 0 Å². The Kier molecular flexibility index (Phi) is 5.44. The van der Waals surface area contributed by atoms with E-state index >= 15 is 0 Å². The summed E-state index contributed by atoms with van der Waals surface area (Å²) < 4.78 is 5.21. The van der Waals surface area contributed by atoms with Crippen molar-refractivity contribution in [2.24, 2.45) is 0 Å². The number of carbonyl (C=O) groups is 1. The first-order chi connectivity index (χ1) is 13.5. The third-order valence-corrected chi connectivity index (χ3v) is 6.05. The van der Waals surface area contributed by atoms with Crippen LogP contribution in [0.15, 0.2) is 10.7 Å². The van der Waals surface area contributed by atoms with Crippen LogP contribution in [0.1, 0.15) is 59.3 Å². The van der Waals surface area contributed by atoms with Crippen LogP contribution in [0.3, 0.4) is 0 Å². The second-order valence-electron chi connectivity index (χ2n) is 8.17. The maximum absolute atomic E-state index is 12.8. The van der Waals surface area contributed by atoms with Crippen LogP contribution in [-0.2, 0) is 24.2 Å². The number of aryl methyl sites for hydroxylation is 2. The van der Waals surface area contributed by atoms with Gasteiger partial charge < -0.3 is 14.3 Å². The summed E-state index contributed by atoms with van der Waals surface area (Å²) in [5.41, 5.74) is 4.37. The lowest BCUT2D eigenvalue weighted by Crippen LogP contribution is -2.40. The summed E-state index contributed by atoms with van der Waals surface area (Å²) in [6.45, 7) is 7.35. The number of likely N-dealkylation sites (tertiary alicyclic amines) is 1. The van der Waals surface area contributed by atoms with Crippen molar-refractivity contribution in [2.45, 2.75) is 58.4 Å². The Balaban J connectivity index is 1.39. The Hall–Kier alpha value is -2.28. The molecule has 7 heteroatoms. The van der Waals surface area contributed by atoms with Gasteiger partial charge in [-0.2, -0.15) is 0 Å². The third-order valence-electron chi connectivity index (χ3n) is 6.05. The maximum atomic E-state index is 12.8. The van der Waals surface area contributed by atoms with Gasteiger partial charge in [0.05, 0.1) is 5.69 Å². The minimum absolute atomic E-state index is 0.198. The molecule has 0 aliphatic carbocycles. The Bertz CT molecular complexity index is 843. The van der Waals surface area contributed by atoms with E-state index in [1.165, 1.54) is 11.3 Å². The largest absolute Gasteiger partial charge is 0.361 e. The monoisotopic (exact) mass is 383 g/mol. The molecule has 0 N–H and O–H groups in total. The topological polar surface area (TPSA) is 75.4 Å². The predicted octanol–water partition coefficient (Wildman–Crippen LogP) is 2.41. The molecule has 2 aliphatic rings. The van der Waals surface area contributed by atoms with Gasteiger partial charge in [0, 0.05) is 68.0 Å². The molecule has 2 aliphatic heterocycles. The highest BCUT2D eigenvalue weighted by atomic mass is 16.5. The highest BCUT2D eigenvalue weighted by Crippen LogP contribution is 2.27. The van der Waals surface area contributed by atoms with Gasteiger partial charge in [0.2, 0.25) is 5.91 Å². The van der Waals surface area contributed by atoms with Crippen molar-refractivity contribution in [1.29, 1.82) is 0 Å². The number of likely N-dealkylation sites (N-methyl/N-ethyl adjacent to an activating group) is 1. The van der Waals surface area contributed by atoms with E-state index in [4.69, 9.17) is 9.51 Å². The van der Waals surface area contributed by atoms with Crippen molar-refractivity contribution in [3.8, 4) is 0 Å². The molecule has 2 aromatic heterocycles. The van der Waals surface area contributed by atoms with Gasteiger partial charge in [0.1, 0.15) is 11.6 Å². The fourth-order valence-corrected chi connectivity index (χ4v) is 4.33. The van der Waals surface area contributed by atoms with Crippen LogP contribution in [0.5, 0.6) is 0 Å². The number of aromatic nitrogens is 3. The smallest absolute Gasteiger partial charge is 0.222 e. The lowest BCUT2D eigenvalue weighted by Gasteiger charge is -2.33. The molecule has 1 atom stereocenters. The van der Waals surface area contributed by atoms with E-state index < -0.39 is 0 Å². The SMILES string of the molecule is Cc1noc(C)c1CCC(=O)N1CCC[C@H](c2ncc3c(n2)CCN(C)C3)C1. The van der Waals surface area contributed by atoms with Gasteiger partial charge in [0.15, 0.2) is 0 Å². The van der Waals surface area contributed by atoms with Crippen molar-refractivity contribution in [3.05, 3.63) is 40.3 Å². The molecule has 4 heterocycles. The summed E-state index contributed by atoms with van der Waals surface area (Å²) in [6.07, 6.45) is 6.20. The molecular weight excluding hydrogens is 354 g/mol. The molecule has 0 radical (unpaired) electrons. The zero-order valence-corrected chi connectivity index (χ0v) is 17.1. The molecule has 1 saturated heterocycles. The van der Waals surface area contributed by atoms with E-state index in [9.17, 15) is 4.79 Å². The number of nitrogens with zero attached hydrogens (tertiary/aromatic N) is 5. The summed E-state index contributed by atoms with van der Waals surface area (Å²) in [4.78, 5) is 26.6. The van der Waals surface area contributed by atoms with Gasteiger partial charge in [-0.1, -0.05) is 5.16 Å². The van der Waals surface area contributed by atoms with Gasteiger partial charge in [-0.05, 0) is 40.2 Å². The first kappa shape index (κ1) is 19.1. The molecule has 0 bridgehead atoms. The first-order valence-corrected chi connectivity index (χ1v) is 10.2. The van der Waals surface area contributed by atoms with Gasteiger partial charge in [-0.15, -0.1) is 0 Å². The van der Waals surface area contributed by atoms with Crippen molar-refractivity contribution < 1.29 is 9.32 Å². The average Bonchev–Trinajstić information content (AvgIpc) is 3.03. The number of hydrogen-bond acceptors (Lipinski definition) is 6. The van der Waals surface area contributed by atoms with Crippen LogP contribution >= 0.6 is 0 Å². The van der Waals surface area contributed by atoms with Crippen LogP contribution in [0, 0.1) is 13.8 Å². The molecule has 0 aromatic carbocycles. The van der Waals surface area contributed by atoms with Crippen molar-refractivity contribution in [3.63, 3.8) is 0 Å². The van der Waals surface area contributed by atoms with E-state index in [1.807, 2.05) is 24.9 Å². The molecule has 7 nitrogen and oxygen atoms in total. The number of carbonyl (C=O) groups excluding carboxylic acids is 1. The maximum Gasteiger partial charge on any atom is 0.222 e. The van der Waals surface area contributed by atoms with Gasteiger partial charge in [-0.3, -0.25) is 4.79 Å². The minimum atomic E-state index is 0.198. The summed E-state index contributed by atoms with van der Waals surface area (Å²) in [5.74, 6) is 2.16. The molecule has 2 aromatic rings. The second-order valence-corrected chi connectivity index (χ2v) is 8.17. The lowest BCUT2D eigenvalue weighted by molar-refractivity contribution is -0.132. The molecule has 0 saturated carbocycles. The van der Waals surface area contributed by atoms with Crippen molar-refractivity contribution >= 4 is 5.91 Å². The van der Waals surface area contributed by atoms with Gasteiger partial charge in [-0.25, -0.2) is 9.97 Å². The van der Waals surface area contributed by atoms with E-state index in [-0.39, 0.29) is 11.8 Å². The molecular formula is C21H29N5O2.